The Morgan fingerprint density at radius 1 is 1.07 bits per heavy atom. The summed E-state index contributed by atoms with van der Waals surface area (Å²) in [6.07, 6.45) is -0.158. The van der Waals surface area contributed by atoms with Gasteiger partial charge in [0.25, 0.3) is 0 Å². The highest BCUT2D eigenvalue weighted by atomic mass is 35.5. The van der Waals surface area contributed by atoms with Gasteiger partial charge in [0.2, 0.25) is 0 Å². The molecular formula is C21H20Cl2F3N3S. The summed E-state index contributed by atoms with van der Waals surface area (Å²) in [5.41, 5.74) is 2.05. The highest BCUT2D eigenvalue weighted by Gasteiger charge is 2.44. The third-order valence-corrected chi connectivity index (χ3v) is 7.06. The fraction of sp³-hybridized carbons (Fsp3) is 0.381. The van der Waals surface area contributed by atoms with Crippen LogP contribution < -0.4 is 5.32 Å². The van der Waals surface area contributed by atoms with Gasteiger partial charge >= 0.3 is 6.05 Å². The zero-order valence-electron chi connectivity index (χ0n) is 16.2. The van der Waals surface area contributed by atoms with Gasteiger partial charge in [0.05, 0.1) is 16.5 Å². The van der Waals surface area contributed by atoms with Gasteiger partial charge in [0.1, 0.15) is 5.84 Å². The zero-order chi connectivity index (χ0) is 21.5. The predicted molar refractivity (Wildman–Crippen MR) is 117 cm³/mol. The number of hydrogen-bond acceptors (Lipinski definition) is 4. The molecule has 0 unspecified atom stereocenters. The largest absolute Gasteiger partial charge is 0.356 e. The molecule has 4 bridgehead atoms. The molecule has 30 heavy (non-hydrogen) atoms. The highest BCUT2D eigenvalue weighted by Crippen LogP contribution is 2.38. The lowest BCUT2D eigenvalue weighted by Crippen LogP contribution is -2.58. The van der Waals surface area contributed by atoms with Crippen molar-refractivity contribution in [2.24, 2.45) is 4.99 Å². The van der Waals surface area contributed by atoms with Crippen LogP contribution in [0.2, 0.25) is 10.0 Å². The molecule has 0 aliphatic carbocycles. The number of aryl methyl sites for hydroxylation is 1. The van der Waals surface area contributed by atoms with E-state index in [1.54, 1.807) is 31.2 Å². The number of aliphatic imine (C=N–C) groups is 1. The molecule has 1 N–H and O–H groups in total. The minimum absolute atomic E-state index is 0.0792. The van der Waals surface area contributed by atoms with Gasteiger partial charge in [-0.1, -0.05) is 23.2 Å². The molecule has 0 spiro atoms. The lowest BCUT2D eigenvalue weighted by atomic mass is 10.0. The van der Waals surface area contributed by atoms with Crippen molar-refractivity contribution in [3.8, 4) is 0 Å². The Morgan fingerprint density at radius 3 is 2.40 bits per heavy atom. The van der Waals surface area contributed by atoms with Crippen molar-refractivity contribution in [1.82, 2.24) is 10.2 Å². The molecule has 160 valence electrons. The van der Waals surface area contributed by atoms with Crippen LogP contribution in [-0.2, 0) is 0 Å². The third kappa shape index (κ3) is 4.74. The van der Waals surface area contributed by atoms with Crippen molar-refractivity contribution in [1.29, 1.82) is 0 Å². The van der Waals surface area contributed by atoms with E-state index in [1.807, 2.05) is 22.3 Å². The van der Waals surface area contributed by atoms with Crippen LogP contribution in [0, 0.1) is 6.92 Å². The molecule has 9 heteroatoms. The van der Waals surface area contributed by atoms with Gasteiger partial charge in [-0.05, 0) is 48.9 Å². The molecule has 0 amide bonds. The van der Waals surface area contributed by atoms with Crippen LogP contribution in [0.25, 0.3) is 0 Å². The number of thioether (sulfide) groups is 1. The standard InChI is InChI=1S/C21H20Cl2F3N3S/c1-13-10-16(23)17-11-18(13)30-12-21(25,26)28-20(24)6-8-29(9-7-20)19(27-17)14-2-4-15(22)5-3-14/h2-5,10-11,28H,6-9,12H2,1H3/b27-19-. The molecule has 2 aromatic carbocycles. The molecule has 0 atom stereocenters. The molecule has 3 nitrogen and oxygen atoms in total. The second-order valence-electron chi connectivity index (χ2n) is 7.58. The van der Waals surface area contributed by atoms with Crippen molar-refractivity contribution in [3.05, 3.63) is 57.6 Å². The number of fused-ring (bicyclic) bond motifs is 5. The first-order chi connectivity index (χ1) is 14.1. The van der Waals surface area contributed by atoms with Crippen molar-refractivity contribution < 1.29 is 13.2 Å². The maximum atomic E-state index is 15.2. The number of halogens is 5. The maximum Gasteiger partial charge on any atom is 0.314 e. The van der Waals surface area contributed by atoms with Crippen LogP contribution in [0.4, 0.5) is 18.9 Å². The molecule has 3 heterocycles. The Bertz CT molecular complexity index is 974. The summed E-state index contributed by atoms with van der Waals surface area (Å²) >= 11 is 13.4. The minimum Gasteiger partial charge on any atom is -0.356 e. The lowest BCUT2D eigenvalue weighted by Gasteiger charge is -2.40. The summed E-state index contributed by atoms with van der Waals surface area (Å²) in [7, 11) is 0. The summed E-state index contributed by atoms with van der Waals surface area (Å²) in [4.78, 5) is 7.33. The smallest absolute Gasteiger partial charge is 0.314 e. The van der Waals surface area contributed by atoms with E-state index in [9.17, 15) is 8.78 Å². The number of nitrogens with one attached hydrogen (secondary N) is 1. The number of alkyl halides is 3. The molecule has 3 aliphatic rings. The first kappa shape index (κ1) is 21.8. The molecule has 3 aliphatic heterocycles. The normalized spacial score (nSPS) is 22.5. The Kier molecular flexibility index (Phi) is 6.01. The molecule has 0 radical (unpaired) electrons. The lowest BCUT2D eigenvalue weighted by molar-refractivity contribution is -0.0921. The van der Waals surface area contributed by atoms with Gasteiger partial charge in [-0.25, -0.2) is 14.7 Å². The van der Waals surface area contributed by atoms with E-state index in [-0.39, 0.29) is 25.9 Å². The summed E-state index contributed by atoms with van der Waals surface area (Å²) in [6, 6.07) is 7.26. The van der Waals surface area contributed by atoms with Gasteiger partial charge in [0, 0.05) is 41.4 Å². The number of benzene rings is 2. The van der Waals surface area contributed by atoms with E-state index in [1.165, 1.54) is 0 Å². The van der Waals surface area contributed by atoms with Gasteiger partial charge in [0.15, 0.2) is 5.79 Å². The van der Waals surface area contributed by atoms with Crippen LogP contribution in [0.15, 0.2) is 46.3 Å². The summed E-state index contributed by atoms with van der Waals surface area (Å²) in [5.74, 6) is -2.11. The van der Waals surface area contributed by atoms with E-state index < -0.39 is 17.6 Å². The zero-order valence-corrected chi connectivity index (χ0v) is 18.5. The Hall–Kier alpha value is -1.41. The Balaban J connectivity index is 1.84. The van der Waals surface area contributed by atoms with Gasteiger partial charge in [-0.15, -0.1) is 11.8 Å². The predicted octanol–water partition coefficient (Wildman–Crippen LogP) is 6.43. The topological polar surface area (TPSA) is 27.6 Å². The van der Waals surface area contributed by atoms with Gasteiger partial charge < -0.3 is 4.90 Å². The van der Waals surface area contributed by atoms with Crippen molar-refractivity contribution in [3.63, 3.8) is 0 Å². The number of rotatable bonds is 1. The summed E-state index contributed by atoms with van der Waals surface area (Å²) < 4.78 is 44.2. The third-order valence-electron chi connectivity index (χ3n) is 5.24. The monoisotopic (exact) mass is 473 g/mol. The van der Waals surface area contributed by atoms with E-state index in [0.717, 1.165) is 22.9 Å². The SMILES string of the molecule is Cc1cc(Cl)c2cc1SCC(F)(F)NC1(F)CCN(CC1)/C(c1ccc(Cl)cc1)=N\2. The molecule has 2 aromatic rings. The van der Waals surface area contributed by atoms with Gasteiger partial charge in [-0.3, -0.25) is 0 Å². The Morgan fingerprint density at radius 2 is 1.73 bits per heavy atom. The highest BCUT2D eigenvalue weighted by molar-refractivity contribution is 7.99. The molecule has 1 saturated heterocycles. The maximum absolute atomic E-state index is 15.2. The van der Waals surface area contributed by atoms with E-state index in [0.29, 0.717) is 26.5 Å². The van der Waals surface area contributed by atoms with Crippen LogP contribution in [0.1, 0.15) is 24.0 Å². The average Bonchev–Trinajstić information content (AvgIpc) is 2.68. The van der Waals surface area contributed by atoms with Crippen LogP contribution in [-0.4, -0.2) is 41.4 Å². The minimum atomic E-state index is -3.35. The number of nitrogens with zero attached hydrogens (tertiary/aromatic N) is 2. The number of piperidine rings is 1. The first-order valence-corrected chi connectivity index (χ1v) is 11.3. The molecule has 5 rings (SSSR count). The van der Waals surface area contributed by atoms with E-state index in [4.69, 9.17) is 28.2 Å². The van der Waals surface area contributed by atoms with Crippen molar-refractivity contribution in [2.75, 3.05) is 18.8 Å². The Labute approximate surface area is 187 Å². The molecule has 0 saturated carbocycles. The van der Waals surface area contributed by atoms with E-state index in [2.05, 4.69) is 0 Å². The van der Waals surface area contributed by atoms with Crippen molar-refractivity contribution >= 4 is 46.5 Å². The van der Waals surface area contributed by atoms with Gasteiger partial charge in [-0.2, -0.15) is 8.78 Å². The molecular weight excluding hydrogens is 454 g/mol. The first-order valence-electron chi connectivity index (χ1n) is 9.53. The molecule has 0 aromatic heterocycles. The van der Waals surface area contributed by atoms with Crippen LogP contribution in [0.3, 0.4) is 0 Å². The van der Waals surface area contributed by atoms with Crippen LogP contribution >= 0.6 is 35.0 Å². The van der Waals surface area contributed by atoms with E-state index >= 15 is 4.39 Å². The number of hydrogen-bond donors (Lipinski definition) is 1. The van der Waals surface area contributed by atoms with Crippen molar-refractivity contribution in [2.45, 2.75) is 36.5 Å². The second-order valence-corrected chi connectivity index (χ2v) is 9.44. The average molecular weight is 474 g/mol. The summed E-state index contributed by atoms with van der Waals surface area (Å²) in [5, 5.41) is 2.98. The van der Waals surface area contributed by atoms with Crippen LogP contribution in [0.5, 0.6) is 0 Å². The molecule has 1 fully saturated rings. The quantitative estimate of drug-likeness (QED) is 0.483. The fourth-order valence-electron chi connectivity index (χ4n) is 3.64. The second kappa shape index (κ2) is 8.26. The fourth-order valence-corrected chi connectivity index (χ4v) is 4.92. The number of amidine groups is 1. The summed E-state index contributed by atoms with van der Waals surface area (Å²) in [6.45, 7) is 2.28.